The number of aryl methyl sites for hydroxylation is 2. The number of Topliss-reactive ketones (excluding diaryl/α,β-unsaturated/α-hetero) is 1. The molecule has 178 valence electrons. The van der Waals surface area contributed by atoms with E-state index in [-0.39, 0.29) is 21.0 Å². The molecule has 4 rings (SSSR count). The third-order valence-electron chi connectivity index (χ3n) is 6.58. The number of hydrogen-bond acceptors (Lipinski definition) is 4. The lowest BCUT2D eigenvalue weighted by Crippen LogP contribution is -2.52. The average molecular weight is 611 g/mol. The summed E-state index contributed by atoms with van der Waals surface area (Å²) in [5.41, 5.74) is 2.61. The molecule has 1 saturated heterocycles. The third-order valence-corrected chi connectivity index (χ3v) is 9.56. The lowest BCUT2D eigenvalue weighted by atomic mass is 9.81. The Balaban J connectivity index is 1.70. The van der Waals surface area contributed by atoms with Gasteiger partial charge in [0.1, 0.15) is 6.54 Å². The number of hydrogen-bond donors (Lipinski definition) is 0. The summed E-state index contributed by atoms with van der Waals surface area (Å²) in [5, 5.41) is 2.34. The summed E-state index contributed by atoms with van der Waals surface area (Å²) in [6.07, 6.45) is 0.936. The van der Waals surface area contributed by atoms with Crippen molar-refractivity contribution in [3.8, 4) is 0 Å². The van der Waals surface area contributed by atoms with Gasteiger partial charge >= 0.3 is 0 Å². The fraction of sp³-hybridized carbons (Fsp3) is 0.360. The smallest absolute Gasteiger partial charge is 0.273 e. The van der Waals surface area contributed by atoms with Gasteiger partial charge in [-0.1, -0.05) is 55.6 Å². The maximum Gasteiger partial charge on any atom is 0.273 e. The zero-order chi connectivity index (χ0) is 24.7. The van der Waals surface area contributed by atoms with E-state index in [1.165, 1.54) is 12.1 Å². The summed E-state index contributed by atoms with van der Waals surface area (Å²) in [4.78, 5) is 53.6. The molecule has 2 aromatic carbocycles. The van der Waals surface area contributed by atoms with Crippen LogP contribution < -0.4 is 0 Å². The van der Waals surface area contributed by atoms with Crippen molar-refractivity contribution in [1.82, 2.24) is 10.0 Å². The Labute approximate surface area is 219 Å². The first kappa shape index (κ1) is 25.1. The predicted molar refractivity (Wildman–Crippen MR) is 136 cm³/mol. The standard InChI is InChI=1S/C25H23Br2ClN2O4/c1-13-3-4-16(9-14(13)2)22(31)12-29(23(32)15-5-7-17(28)8-6-15)30-24(33)18-10-20(26)21(27)11-19(18)25(30)34/h3-9,18-21H,10-12H2,1-2H3/t18-,19+,20+,21-. The summed E-state index contributed by atoms with van der Waals surface area (Å²) in [5.74, 6) is -2.95. The zero-order valence-corrected chi connectivity index (χ0v) is 22.6. The van der Waals surface area contributed by atoms with Gasteiger partial charge in [-0.3, -0.25) is 19.2 Å². The molecule has 0 spiro atoms. The van der Waals surface area contributed by atoms with Gasteiger partial charge in [0.2, 0.25) is 0 Å². The van der Waals surface area contributed by atoms with E-state index in [0.717, 1.165) is 21.1 Å². The van der Waals surface area contributed by atoms with Crippen LogP contribution >= 0.6 is 43.5 Å². The zero-order valence-electron chi connectivity index (χ0n) is 18.6. The van der Waals surface area contributed by atoms with E-state index in [1.54, 1.807) is 24.3 Å². The van der Waals surface area contributed by atoms with Gasteiger partial charge in [-0.25, -0.2) is 5.01 Å². The second-order valence-corrected chi connectivity index (χ2v) is 11.6. The van der Waals surface area contributed by atoms with Gasteiger partial charge < -0.3 is 0 Å². The number of ketones is 1. The summed E-state index contributed by atoms with van der Waals surface area (Å²) < 4.78 is 0. The third kappa shape index (κ3) is 4.72. The molecule has 1 saturated carbocycles. The van der Waals surface area contributed by atoms with Crippen molar-refractivity contribution in [3.05, 3.63) is 69.7 Å². The summed E-state index contributed by atoms with van der Waals surface area (Å²) >= 11 is 13.1. The molecular formula is C25H23Br2ClN2O4. The number of fused-ring (bicyclic) bond motifs is 1. The van der Waals surface area contributed by atoms with Gasteiger partial charge in [0, 0.05) is 25.8 Å². The van der Waals surface area contributed by atoms with Crippen LogP contribution in [0.15, 0.2) is 42.5 Å². The monoisotopic (exact) mass is 608 g/mol. The quantitative estimate of drug-likeness (QED) is 0.268. The number of rotatable bonds is 5. The Morgan fingerprint density at radius 2 is 1.44 bits per heavy atom. The van der Waals surface area contributed by atoms with Crippen molar-refractivity contribution in [1.29, 1.82) is 0 Å². The number of carbonyl (C=O) groups is 4. The number of alkyl halides is 2. The van der Waals surface area contributed by atoms with Crippen LogP contribution in [0, 0.1) is 25.7 Å². The van der Waals surface area contributed by atoms with E-state index in [4.69, 9.17) is 11.6 Å². The van der Waals surface area contributed by atoms with Crippen molar-refractivity contribution in [2.75, 3.05) is 6.54 Å². The normalized spacial score (nSPS) is 24.2. The van der Waals surface area contributed by atoms with E-state index in [2.05, 4.69) is 31.9 Å². The molecule has 0 unspecified atom stereocenters. The Kier molecular flexibility index (Phi) is 7.31. The number of carbonyl (C=O) groups excluding carboxylic acids is 4. The molecule has 2 aromatic rings. The summed E-state index contributed by atoms with van der Waals surface area (Å²) in [7, 11) is 0. The van der Waals surface area contributed by atoms with Gasteiger partial charge in [-0.2, -0.15) is 5.01 Å². The topological polar surface area (TPSA) is 74.8 Å². The fourth-order valence-corrected chi connectivity index (χ4v) is 5.80. The lowest BCUT2D eigenvalue weighted by molar-refractivity contribution is -0.154. The minimum absolute atomic E-state index is 0.0306. The van der Waals surface area contributed by atoms with Gasteiger partial charge in [-0.05, 0) is 68.1 Å². The Bertz CT molecular complexity index is 1140. The number of hydrazine groups is 1. The van der Waals surface area contributed by atoms with Crippen LogP contribution in [0.3, 0.4) is 0 Å². The van der Waals surface area contributed by atoms with Crippen LogP contribution in [0.1, 0.15) is 44.7 Å². The SMILES string of the molecule is Cc1ccc(C(=O)CN(C(=O)c2ccc(Cl)cc2)N2C(=O)[C@H]3C[C@@H](Br)[C@@H](Br)C[C@H]3C2=O)cc1C. The molecule has 0 aromatic heterocycles. The minimum Gasteiger partial charge on any atom is -0.292 e. The average Bonchev–Trinajstić information content (AvgIpc) is 3.03. The molecule has 0 N–H and O–H groups in total. The molecule has 1 aliphatic heterocycles. The second kappa shape index (κ2) is 9.91. The van der Waals surface area contributed by atoms with Crippen LogP contribution in [0.2, 0.25) is 5.02 Å². The number of benzene rings is 2. The predicted octanol–water partition coefficient (Wildman–Crippen LogP) is 5.12. The van der Waals surface area contributed by atoms with Crippen molar-refractivity contribution < 1.29 is 19.2 Å². The van der Waals surface area contributed by atoms with Crippen LogP contribution in [-0.2, 0) is 9.59 Å². The highest BCUT2D eigenvalue weighted by Crippen LogP contribution is 2.43. The van der Waals surface area contributed by atoms with Crippen LogP contribution in [0.25, 0.3) is 0 Å². The van der Waals surface area contributed by atoms with Gasteiger partial charge in [0.05, 0.1) is 11.8 Å². The van der Waals surface area contributed by atoms with Crippen molar-refractivity contribution in [2.24, 2.45) is 11.8 Å². The molecule has 1 heterocycles. The molecule has 2 aliphatic rings. The van der Waals surface area contributed by atoms with Gasteiger partial charge in [0.15, 0.2) is 5.78 Å². The molecule has 4 atom stereocenters. The number of imide groups is 1. The number of nitrogens with zero attached hydrogens (tertiary/aromatic N) is 2. The first-order valence-corrected chi connectivity index (χ1v) is 13.1. The molecule has 34 heavy (non-hydrogen) atoms. The lowest BCUT2D eigenvalue weighted by Gasteiger charge is -2.30. The van der Waals surface area contributed by atoms with Crippen molar-refractivity contribution in [3.63, 3.8) is 0 Å². The largest absolute Gasteiger partial charge is 0.292 e. The first-order chi connectivity index (χ1) is 16.1. The van der Waals surface area contributed by atoms with Crippen LogP contribution in [0.4, 0.5) is 0 Å². The molecule has 9 heteroatoms. The maximum atomic E-state index is 13.5. The molecule has 1 aliphatic carbocycles. The van der Waals surface area contributed by atoms with E-state index >= 15 is 0 Å². The highest BCUT2D eigenvalue weighted by molar-refractivity contribution is 9.12. The van der Waals surface area contributed by atoms with Gasteiger partial charge in [0.25, 0.3) is 17.7 Å². The molecule has 2 fully saturated rings. The van der Waals surface area contributed by atoms with Crippen molar-refractivity contribution >= 4 is 67.0 Å². The summed E-state index contributed by atoms with van der Waals surface area (Å²) in [6.45, 7) is 3.41. The van der Waals surface area contributed by atoms with Crippen LogP contribution in [0.5, 0.6) is 0 Å². The molecular weight excluding hydrogens is 588 g/mol. The highest BCUT2D eigenvalue weighted by atomic mass is 79.9. The van der Waals surface area contributed by atoms with E-state index < -0.39 is 36.1 Å². The van der Waals surface area contributed by atoms with Crippen molar-refractivity contribution in [2.45, 2.75) is 36.3 Å². The van der Waals surface area contributed by atoms with E-state index in [0.29, 0.717) is 23.4 Å². The Hall–Kier alpha value is -2.03. The molecule has 3 amide bonds. The van der Waals surface area contributed by atoms with E-state index in [1.807, 2.05) is 19.9 Å². The van der Waals surface area contributed by atoms with E-state index in [9.17, 15) is 19.2 Å². The minimum atomic E-state index is -0.611. The molecule has 0 radical (unpaired) electrons. The summed E-state index contributed by atoms with van der Waals surface area (Å²) in [6, 6.07) is 11.4. The molecule has 0 bridgehead atoms. The fourth-order valence-electron chi connectivity index (χ4n) is 4.43. The Morgan fingerprint density at radius 1 is 0.912 bits per heavy atom. The highest BCUT2D eigenvalue weighted by Gasteiger charge is 2.54. The number of amides is 3. The number of halogens is 3. The molecule has 6 nitrogen and oxygen atoms in total. The Morgan fingerprint density at radius 3 is 1.97 bits per heavy atom. The second-order valence-electron chi connectivity index (χ2n) is 8.80. The van der Waals surface area contributed by atoms with Gasteiger partial charge in [-0.15, -0.1) is 0 Å². The van der Waals surface area contributed by atoms with Crippen LogP contribution in [-0.4, -0.2) is 49.7 Å². The maximum absolute atomic E-state index is 13.5. The first-order valence-electron chi connectivity index (χ1n) is 10.9.